The van der Waals surface area contributed by atoms with Gasteiger partial charge >= 0.3 is 6.03 Å². The first-order valence-corrected chi connectivity index (χ1v) is 6.32. The molecule has 0 aromatic heterocycles. The second kappa shape index (κ2) is 5.29. The van der Waals surface area contributed by atoms with Gasteiger partial charge in [0.05, 0.1) is 0 Å². The van der Waals surface area contributed by atoms with Crippen LogP contribution in [0.1, 0.15) is 29.5 Å². The molecule has 1 fully saturated rings. The summed E-state index contributed by atoms with van der Waals surface area (Å²) >= 11 is 0. The van der Waals surface area contributed by atoms with Crippen molar-refractivity contribution < 1.29 is 9.53 Å². The molecule has 0 spiro atoms. The number of ether oxygens (including phenoxy) is 1. The number of carbonyl (C=O) groups excluding carboxylic acids is 1. The van der Waals surface area contributed by atoms with Crippen molar-refractivity contribution in [3.05, 3.63) is 28.8 Å². The van der Waals surface area contributed by atoms with E-state index in [2.05, 4.69) is 23.6 Å². The van der Waals surface area contributed by atoms with E-state index in [-0.39, 0.29) is 12.8 Å². The monoisotopic (exact) mass is 248 g/mol. The lowest BCUT2D eigenvalue weighted by Gasteiger charge is -2.14. The molecule has 1 aromatic carbocycles. The maximum atomic E-state index is 11.4. The summed E-state index contributed by atoms with van der Waals surface area (Å²) in [5.41, 5.74) is 3.40. The molecule has 2 rings (SSSR count). The Balaban J connectivity index is 1.85. The standard InChI is InChI=1S/C14H20N2O2/c1-9-4-5-10(2)13(11(9)3)18-8-15-14(17)16-12-6-7-12/h4-5,12H,6-8H2,1-3H3,(H2,15,16,17). The Morgan fingerprint density at radius 1 is 1.28 bits per heavy atom. The number of carbonyl (C=O) groups is 1. The van der Waals surface area contributed by atoms with E-state index in [1.807, 2.05) is 19.9 Å². The van der Waals surface area contributed by atoms with Gasteiger partial charge in [0.25, 0.3) is 0 Å². The molecule has 1 saturated carbocycles. The quantitative estimate of drug-likeness (QED) is 0.804. The topological polar surface area (TPSA) is 50.4 Å². The van der Waals surface area contributed by atoms with Gasteiger partial charge in [-0.2, -0.15) is 0 Å². The van der Waals surface area contributed by atoms with Gasteiger partial charge in [0.1, 0.15) is 5.75 Å². The van der Waals surface area contributed by atoms with E-state index < -0.39 is 0 Å². The maximum Gasteiger partial charge on any atom is 0.317 e. The number of nitrogens with one attached hydrogen (secondary N) is 2. The number of benzene rings is 1. The van der Waals surface area contributed by atoms with E-state index in [1.165, 1.54) is 5.56 Å². The van der Waals surface area contributed by atoms with Gasteiger partial charge in [-0.3, -0.25) is 0 Å². The third-order valence-electron chi connectivity index (χ3n) is 3.24. The molecule has 0 atom stereocenters. The fourth-order valence-corrected chi connectivity index (χ4v) is 1.79. The van der Waals surface area contributed by atoms with E-state index in [4.69, 9.17) is 4.74 Å². The zero-order chi connectivity index (χ0) is 13.1. The maximum absolute atomic E-state index is 11.4. The number of hydrogen-bond acceptors (Lipinski definition) is 2. The Labute approximate surface area is 108 Å². The van der Waals surface area contributed by atoms with Gasteiger partial charge in [-0.15, -0.1) is 0 Å². The zero-order valence-corrected chi connectivity index (χ0v) is 11.2. The number of urea groups is 1. The van der Waals surface area contributed by atoms with Gasteiger partial charge in [-0.25, -0.2) is 4.79 Å². The molecular weight excluding hydrogens is 228 g/mol. The van der Waals surface area contributed by atoms with Crippen LogP contribution in [0, 0.1) is 20.8 Å². The first kappa shape index (κ1) is 12.7. The molecule has 1 aromatic rings. The van der Waals surface area contributed by atoms with Gasteiger partial charge in [0, 0.05) is 6.04 Å². The van der Waals surface area contributed by atoms with Gasteiger partial charge in [0.2, 0.25) is 0 Å². The summed E-state index contributed by atoms with van der Waals surface area (Å²) in [4.78, 5) is 11.4. The molecule has 4 heteroatoms. The lowest BCUT2D eigenvalue weighted by atomic mass is 10.1. The summed E-state index contributed by atoms with van der Waals surface area (Å²) in [7, 11) is 0. The molecule has 0 saturated heterocycles. The minimum absolute atomic E-state index is 0.152. The minimum Gasteiger partial charge on any atom is -0.473 e. The highest BCUT2D eigenvalue weighted by Gasteiger charge is 2.22. The Bertz CT molecular complexity index is 453. The number of rotatable bonds is 4. The highest BCUT2D eigenvalue weighted by atomic mass is 16.5. The van der Waals surface area contributed by atoms with Crippen LogP contribution in [-0.2, 0) is 0 Å². The molecule has 2 N–H and O–H groups in total. The van der Waals surface area contributed by atoms with Crippen LogP contribution in [0.2, 0.25) is 0 Å². The van der Waals surface area contributed by atoms with E-state index >= 15 is 0 Å². The van der Waals surface area contributed by atoms with E-state index in [1.54, 1.807) is 0 Å². The summed E-state index contributed by atoms with van der Waals surface area (Å²) in [5, 5.41) is 5.55. The van der Waals surface area contributed by atoms with Crippen molar-refractivity contribution in [2.75, 3.05) is 6.73 Å². The third kappa shape index (κ3) is 3.15. The van der Waals surface area contributed by atoms with Crippen LogP contribution >= 0.6 is 0 Å². The minimum atomic E-state index is -0.152. The normalized spacial score (nSPS) is 14.2. The highest BCUT2D eigenvalue weighted by Crippen LogP contribution is 2.25. The Kier molecular flexibility index (Phi) is 3.75. The summed E-state index contributed by atoms with van der Waals surface area (Å²) in [5.74, 6) is 0.863. The van der Waals surface area contributed by atoms with Crippen LogP contribution in [-0.4, -0.2) is 18.8 Å². The molecule has 0 bridgehead atoms. The Morgan fingerprint density at radius 3 is 2.61 bits per heavy atom. The van der Waals surface area contributed by atoms with Crippen molar-refractivity contribution in [3.63, 3.8) is 0 Å². The van der Waals surface area contributed by atoms with E-state index in [9.17, 15) is 4.79 Å². The molecule has 0 unspecified atom stereocenters. The van der Waals surface area contributed by atoms with Gasteiger partial charge < -0.3 is 15.4 Å². The van der Waals surface area contributed by atoms with Crippen molar-refractivity contribution in [2.45, 2.75) is 39.7 Å². The SMILES string of the molecule is Cc1ccc(C)c(OCNC(=O)NC2CC2)c1C. The molecule has 18 heavy (non-hydrogen) atoms. The van der Waals surface area contributed by atoms with E-state index in [0.717, 1.165) is 29.7 Å². The van der Waals surface area contributed by atoms with Crippen LogP contribution in [0.5, 0.6) is 5.75 Å². The van der Waals surface area contributed by atoms with Gasteiger partial charge in [0.15, 0.2) is 6.73 Å². The second-order valence-corrected chi connectivity index (χ2v) is 4.87. The highest BCUT2D eigenvalue weighted by molar-refractivity contribution is 5.74. The van der Waals surface area contributed by atoms with Crippen LogP contribution < -0.4 is 15.4 Å². The largest absolute Gasteiger partial charge is 0.473 e. The summed E-state index contributed by atoms with van der Waals surface area (Å²) < 4.78 is 5.65. The molecule has 1 aliphatic carbocycles. The van der Waals surface area contributed by atoms with Crippen LogP contribution in [0.25, 0.3) is 0 Å². The summed E-state index contributed by atoms with van der Waals surface area (Å²) in [6.07, 6.45) is 2.18. The molecular formula is C14H20N2O2. The first-order valence-electron chi connectivity index (χ1n) is 6.32. The van der Waals surface area contributed by atoms with Crippen LogP contribution in [0.15, 0.2) is 12.1 Å². The van der Waals surface area contributed by atoms with Crippen LogP contribution in [0.3, 0.4) is 0 Å². The smallest absolute Gasteiger partial charge is 0.317 e. The summed E-state index contributed by atoms with van der Waals surface area (Å²) in [6, 6.07) is 4.32. The average Bonchev–Trinajstić information content (AvgIpc) is 3.12. The molecule has 98 valence electrons. The molecule has 1 aliphatic rings. The zero-order valence-electron chi connectivity index (χ0n) is 11.2. The third-order valence-corrected chi connectivity index (χ3v) is 3.24. The van der Waals surface area contributed by atoms with E-state index in [0.29, 0.717) is 6.04 Å². The van der Waals surface area contributed by atoms with Crippen molar-refractivity contribution in [2.24, 2.45) is 0 Å². The molecule has 4 nitrogen and oxygen atoms in total. The van der Waals surface area contributed by atoms with Crippen molar-refractivity contribution in [1.29, 1.82) is 0 Å². The molecule has 0 aliphatic heterocycles. The number of aryl methyl sites for hydroxylation is 2. The van der Waals surface area contributed by atoms with Crippen molar-refractivity contribution >= 4 is 6.03 Å². The Hall–Kier alpha value is -1.71. The fraction of sp³-hybridized carbons (Fsp3) is 0.500. The number of hydrogen-bond donors (Lipinski definition) is 2. The van der Waals surface area contributed by atoms with Gasteiger partial charge in [-0.1, -0.05) is 12.1 Å². The average molecular weight is 248 g/mol. The van der Waals surface area contributed by atoms with Gasteiger partial charge in [-0.05, 0) is 50.3 Å². The van der Waals surface area contributed by atoms with Crippen LogP contribution in [0.4, 0.5) is 4.79 Å². The summed E-state index contributed by atoms with van der Waals surface area (Å²) in [6.45, 7) is 6.28. The molecule has 0 heterocycles. The predicted octanol–water partition coefficient (Wildman–Crippen LogP) is 2.41. The lowest BCUT2D eigenvalue weighted by molar-refractivity contribution is 0.223. The molecule has 2 amide bonds. The van der Waals surface area contributed by atoms with Crippen molar-refractivity contribution in [1.82, 2.24) is 10.6 Å². The fourth-order valence-electron chi connectivity index (χ4n) is 1.79. The Morgan fingerprint density at radius 2 is 1.94 bits per heavy atom. The predicted molar refractivity (Wildman–Crippen MR) is 70.8 cm³/mol. The van der Waals surface area contributed by atoms with Crippen molar-refractivity contribution in [3.8, 4) is 5.75 Å². The second-order valence-electron chi connectivity index (χ2n) is 4.87. The number of amides is 2. The first-order chi connectivity index (χ1) is 8.58. The molecule has 0 radical (unpaired) electrons. The lowest BCUT2D eigenvalue weighted by Crippen LogP contribution is -2.38.